The average Bonchev–Trinajstić information content (AvgIpc) is 3.25. The van der Waals surface area contributed by atoms with Crippen LogP contribution in [0.4, 0.5) is 0 Å². The summed E-state index contributed by atoms with van der Waals surface area (Å²) >= 11 is 1.73. The zero-order chi connectivity index (χ0) is 18.2. The molecule has 140 valence electrons. The third kappa shape index (κ3) is 3.24. The molecule has 0 N–H and O–H groups in total. The van der Waals surface area contributed by atoms with Crippen LogP contribution in [0.2, 0.25) is 0 Å². The van der Waals surface area contributed by atoms with Crippen molar-refractivity contribution in [1.82, 2.24) is 14.9 Å². The van der Waals surface area contributed by atoms with Gasteiger partial charge in [-0.1, -0.05) is 0 Å². The van der Waals surface area contributed by atoms with E-state index >= 15 is 0 Å². The standard InChI is InChI=1S/C19H20N4O3S/c24-23-7-2-1-6-16(23)26-18-17-13-4-3-5-14(13)27-19(17)21-15(20-18)12-22-8-10-25-11-9-22/h1-2,6-7H,3-5,8-12H2. The number of rotatable bonds is 4. The van der Waals surface area contributed by atoms with Crippen LogP contribution in [-0.2, 0) is 24.1 Å². The van der Waals surface area contributed by atoms with Gasteiger partial charge in [-0.15, -0.1) is 16.1 Å². The lowest BCUT2D eigenvalue weighted by atomic mass is 10.2. The third-order valence-electron chi connectivity index (χ3n) is 5.04. The number of hydrogen-bond donors (Lipinski definition) is 0. The minimum atomic E-state index is 0.229. The van der Waals surface area contributed by atoms with E-state index in [1.54, 1.807) is 29.5 Å². The van der Waals surface area contributed by atoms with E-state index in [1.165, 1.54) is 16.6 Å². The van der Waals surface area contributed by atoms with E-state index in [1.807, 2.05) is 0 Å². The van der Waals surface area contributed by atoms with Crippen molar-refractivity contribution in [3.63, 3.8) is 0 Å². The lowest BCUT2D eigenvalue weighted by Gasteiger charge is -2.25. The molecule has 8 heteroatoms. The summed E-state index contributed by atoms with van der Waals surface area (Å²) in [6.45, 7) is 3.87. The van der Waals surface area contributed by atoms with Crippen LogP contribution in [0.5, 0.6) is 11.8 Å². The number of morpholine rings is 1. The van der Waals surface area contributed by atoms with Gasteiger partial charge in [-0.2, -0.15) is 4.98 Å². The topological polar surface area (TPSA) is 74.4 Å². The molecule has 1 fully saturated rings. The summed E-state index contributed by atoms with van der Waals surface area (Å²) < 4.78 is 12.1. The molecule has 27 heavy (non-hydrogen) atoms. The van der Waals surface area contributed by atoms with Crippen molar-refractivity contribution < 1.29 is 14.2 Å². The van der Waals surface area contributed by atoms with Crippen LogP contribution in [0.1, 0.15) is 22.7 Å². The van der Waals surface area contributed by atoms with Crippen molar-refractivity contribution in [3.05, 3.63) is 45.9 Å². The summed E-state index contributed by atoms with van der Waals surface area (Å²) in [5.74, 6) is 1.46. The molecular formula is C19H20N4O3S. The highest BCUT2D eigenvalue weighted by molar-refractivity contribution is 7.19. The second kappa shape index (κ2) is 7.03. The van der Waals surface area contributed by atoms with Gasteiger partial charge in [-0.25, -0.2) is 4.98 Å². The Kier molecular flexibility index (Phi) is 4.39. The van der Waals surface area contributed by atoms with Crippen LogP contribution >= 0.6 is 11.3 Å². The SMILES string of the molecule is [O-][n+]1ccccc1Oc1nc(CN2CCOCC2)nc2sc3c(c12)CCC3. The maximum atomic E-state index is 12.1. The molecule has 5 rings (SSSR count). The molecule has 0 radical (unpaired) electrons. The summed E-state index contributed by atoms with van der Waals surface area (Å²) in [6, 6.07) is 5.13. The highest BCUT2D eigenvalue weighted by Crippen LogP contribution is 2.41. The number of aromatic nitrogens is 3. The van der Waals surface area contributed by atoms with Crippen molar-refractivity contribution in [2.75, 3.05) is 26.3 Å². The van der Waals surface area contributed by atoms with Gasteiger partial charge in [0, 0.05) is 24.0 Å². The van der Waals surface area contributed by atoms with Gasteiger partial charge in [0.2, 0.25) is 5.88 Å². The van der Waals surface area contributed by atoms with Gasteiger partial charge in [-0.05, 0) is 30.9 Å². The lowest BCUT2D eigenvalue weighted by Crippen LogP contribution is -2.36. The predicted molar refractivity (Wildman–Crippen MR) is 101 cm³/mol. The van der Waals surface area contributed by atoms with Gasteiger partial charge in [0.15, 0.2) is 6.20 Å². The highest BCUT2D eigenvalue weighted by Gasteiger charge is 2.25. The van der Waals surface area contributed by atoms with E-state index in [-0.39, 0.29) is 5.88 Å². The summed E-state index contributed by atoms with van der Waals surface area (Å²) in [5.41, 5.74) is 1.29. The fourth-order valence-electron chi connectivity index (χ4n) is 3.70. The zero-order valence-electron chi connectivity index (χ0n) is 14.9. The first-order chi connectivity index (χ1) is 13.3. The Balaban J connectivity index is 1.56. The van der Waals surface area contributed by atoms with Crippen molar-refractivity contribution in [2.24, 2.45) is 0 Å². The van der Waals surface area contributed by atoms with Crippen LogP contribution in [-0.4, -0.2) is 41.2 Å². The summed E-state index contributed by atoms with van der Waals surface area (Å²) in [4.78, 5) is 14.2. The maximum Gasteiger partial charge on any atom is 0.386 e. The Morgan fingerprint density at radius 2 is 2.11 bits per heavy atom. The van der Waals surface area contributed by atoms with E-state index < -0.39 is 0 Å². The van der Waals surface area contributed by atoms with E-state index in [0.717, 1.165) is 66.3 Å². The predicted octanol–water partition coefficient (Wildman–Crippen LogP) is 2.44. The molecule has 0 amide bonds. The molecule has 4 heterocycles. The van der Waals surface area contributed by atoms with Crippen molar-refractivity contribution in [2.45, 2.75) is 25.8 Å². The van der Waals surface area contributed by atoms with Gasteiger partial charge in [0.05, 0.1) is 31.2 Å². The van der Waals surface area contributed by atoms with Gasteiger partial charge in [0.25, 0.3) is 0 Å². The second-order valence-electron chi connectivity index (χ2n) is 6.84. The minimum Gasteiger partial charge on any atom is -0.616 e. The zero-order valence-corrected chi connectivity index (χ0v) is 15.7. The van der Waals surface area contributed by atoms with Crippen LogP contribution in [0.25, 0.3) is 10.2 Å². The quantitative estimate of drug-likeness (QED) is 0.508. The molecule has 0 spiro atoms. The Morgan fingerprint density at radius 3 is 2.96 bits per heavy atom. The summed E-state index contributed by atoms with van der Waals surface area (Å²) in [7, 11) is 0. The smallest absolute Gasteiger partial charge is 0.386 e. The van der Waals surface area contributed by atoms with Crippen LogP contribution in [0.15, 0.2) is 24.4 Å². The number of ether oxygens (including phenoxy) is 2. The van der Waals surface area contributed by atoms with E-state index in [2.05, 4.69) is 4.90 Å². The molecule has 3 aromatic rings. The molecule has 0 bridgehead atoms. The number of nitrogens with zero attached hydrogens (tertiary/aromatic N) is 4. The highest BCUT2D eigenvalue weighted by atomic mass is 32.1. The Labute approximate surface area is 160 Å². The largest absolute Gasteiger partial charge is 0.616 e. The molecular weight excluding hydrogens is 364 g/mol. The van der Waals surface area contributed by atoms with Gasteiger partial charge in [0.1, 0.15) is 10.7 Å². The molecule has 1 saturated heterocycles. The molecule has 7 nitrogen and oxygen atoms in total. The second-order valence-corrected chi connectivity index (χ2v) is 7.92. The molecule has 0 aromatic carbocycles. The van der Waals surface area contributed by atoms with Gasteiger partial charge < -0.3 is 14.7 Å². The minimum absolute atomic E-state index is 0.229. The van der Waals surface area contributed by atoms with E-state index in [9.17, 15) is 5.21 Å². The van der Waals surface area contributed by atoms with Crippen LogP contribution in [0.3, 0.4) is 0 Å². The number of aryl methyl sites for hydroxylation is 2. The molecule has 0 saturated carbocycles. The summed E-state index contributed by atoms with van der Waals surface area (Å²) in [5, 5.41) is 13.0. The molecule has 0 atom stereocenters. The lowest BCUT2D eigenvalue weighted by molar-refractivity contribution is -0.611. The molecule has 1 aliphatic carbocycles. The fourth-order valence-corrected chi connectivity index (χ4v) is 4.97. The van der Waals surface area contributed by atoms with Crippen molar-refractivity contribution in [3.8, 4) is 11.8 Å². The van der Waals surface area contributed by atoms with Crippen LogP contribution in [0, 0.1) is 5.21 Å². The Morgan fingerprint density at radius 1 is 1.22 bits per heavy atom. The number of fused-ring (bicyclic) bond motifs is 3. The average molecular weight is 384 g/mol. The molecule has 1 aliphatic heterocycles. The number of hydrogen-bond acceptors (Lipinski definition) is 7. The van der Waals surface area contributed by atoms with Gasteiger partial charge >= 0.3 is 5.88 Å². The first-order valence-corrected chi connectivity index (χ1v) is 10.1. The molecule has 0 unspecified atom stereocenters. The first kappa shape index (κ1) is 16.9. The van der Waals surface area contributed by atoms with Crippen molar-refractivity contribution in [1.29, 1.82) is 0 Å². The Hall–Kier alpha value is -2.29. The number of thiophene rings is 1. The van der Waals surface area contributed by atoms with E-state index in [4.69, 9.17) is 19.4 Å². The molecule has 3 aromatic heterocycles. The monoisotopic (exact) mass is 384 g/mol. The first-order valence-electron chi connectivity index (χ1n) is 9.25. The maximum absolute atomic E-state index is 12.1. The summed E-state index contributed by atoms with van der Waals surface area (Å²) in [6.07, 6.45) is 4.69. The molecule has 2 aliphatic rings. The Bertz CT molecular complexity index is 984. The van der Waals surface area contributed by atoms with Crippen molar-refractivity contribution >= 4 is 21.6 Å². The van der Waals surface area contributed by atoms with Crippen LogP contribution < -0.4 is 9.47 Å². The van der Waals surface area contributed by atoms with Gasteiger partial charge in [-0.3, -0.25) is 4.90 Å². The number of pyridine rings is 1. The van der Waals surface area contributed by atoms with E-state index in [0.29, 0.717) is 12.4 Å². The fraction of sp³-hybridized carbons (Fsp3) is 0.421. The third-order valence-corrected chi connectivity index (χ3v) is 6.22. The normalized spacial score (nSPS) is 17.3.